The Hall–Kier alpha value is -0.320. The van der Waals surface area contributed by atoms with Gasteiger partial charge in [0.15, 0.2) is 5.66 Å². The highest BCUT2D eigenvalue weighted by atomic mass is 31.2. The van der Waals surface area contributed by atoms with Gasteiger partial charge in [-0.15, -0.1) is 6.58 Å². The number of rotatable bonds is 2. The van der Waals surface area contributed by atoms with Crippen LogP contribution in [-0.4, -0.2) is 21.6 Å². The summed E-state index contributed by atoms with van der Waals surface area (Å²) in [6, 6.07) is 0. The van der Waals surface area contributed by atoms with Gasteiger partial charge in [-0.1, -0.05) is 6.08 Å². The molecule has 0 amide bonds. The summed E-state index contributed by atoms with van der Waals surface area (Å²) in [5.74, 6) is 0. The van der Waals surface area contributed by atoms with Crippen LogP contribution < -0.4 is 0 Å². The molecule has 0 aromatic carbocycles. The standard InChI is InChI=1S/C4H6F3O3P/c1-2-3(4(5,6)7)11(8,9)10/h2-3H,1H2,(H2,8,9,10). The van der Waals surface area contributed by atoms with Gasteiger partial charge in [0.05, 0.1) is 0 Å². The van der Waals surface area contributed by atoms with E-state index in [9.17, 15) is 17.7 Å². The highest BCUT2D eigenvalue weighted by Gasteiger charge is 2.48. The number of alkyl halides is 3. The molecule has 11 heavy (non-hydrogen) atoms. The fraction of sp³-hybridized carbons (Fsp3) is 0.500. The SMILES string of the molecule is C=CC(C(F)(F)F)P(=O)(O)O. The molecule has 0 fully saturated rings. The molecule has 0 aromatic heterocycles. The summed E-state index contributed by atoms with van der Waals surface area (Å²) in [6.45, 7) is 2.68. The lowest BCUT2D eigenvalue weighted by Gasteiger charge is -2.16. The summed E-state index contributed by atoms with van der Waals surface area (Å²) in [6.07, 6.45) is -4.73. The largest absolute Gasteiger partial charge is 0.406 e. The first-order valence-electron chi connectivity index (χ1n) is 2.44. The van der Waals surface area contributed by atoms with Crippen LogP contribution in [0, 0.1) is 0 Å². The van der Waals surface area contributed by atoms with Crippen LogP contribution in [0.4, 0.5) is 13.2 Å². The van der Waals surface area contributed by atoms with E-state index >= 15 is 0 Å². The van der Waals surface area contributed by atoms with Gasteiger partial charge >= 0.3 is 13.8 Å². The molecule has 3 nitrogen and oxygen atoms in total. The van der Waals surface area contributed by atoms with Gasteiger partial charge in [0, 0.05) is 0 Å². The Balaban J connectivity index is 4.71. The second kappa shape index (κ2) is 2.97. The zero-order valence-electron chi connectivity index (χ0n) is 5.25. The van der Waals surface area contributed by atoms with Gasteiger partial charge in [-0.25, -0.2) is 0 Å². The van der Waals surface area contributed by atoms with E-state index < -0.39 is 19.4 Å². The van der Waals surface area contributed by atoms with Crippen LogP contribution in [0.15, 0.2) is 12.7 Å². The maximum absolute atomic E-state index is 11.7. The minimum atomic E-state index is -5.14. The van der Waals surface area contributed by atoms with Crippen LogP contribution in [0.5, 0.6) is 0 Å². The summed E-state index contributed by atoms with van der Waals surface area (Å²) in [7, 11) is -5.14. The Kier molecular flexibility index (Phi) is 2.88. The van der Waals surface area contributed by atoms with Gasteiger partial charge < -0.3 is 9.79 Å². The molecular formula is C4H6F3O3P. The minimum Gasteiger partial charge on any atom is -0.324 e. The van der Waals surface area contributed by atoms with Crippen molar-refractivity contribution in [3.8, 4) is 0 Å². The first kappa shape index (κ1) is 10.7. The molecule has 1 atom stereocenters. The van der Waals surface area contributed by atoms with Crippen molar-refractivity contribution < 1.29 is 27.5 Å². The van der Waals surface area contributed by atoms with Crippen molar-refractivity contribution in [1.29, 1.82) is 0 Å². The summed E-state index contributed by atoms with van der Waals surface area (Å²) in [5.41, 5.74) is -2.75. The molecule has 0 aliphatic heterocycles. The van der Waals surface area contributed by atoms with Gasteiger partial charge in [0.2, 0.25) is 0 Å². The Morgan fingerprint density at radius 1 is 1.45 bits per heavy atom. The molecule has 0 aliphatic rings. The van der Waals surface area contributed by atoms with E-state index in [0.29, 0.717) is 0 Å². The first-order valence-corrected chi connectivity index (χ1v) is 4.12. The predicted octanol–water partition coefficient (Wildman–Crippen LogP) is 1.28. The Morgan fingerprint density at radius 3 is 1.82 bits per heavy atom. The van der Waals surface area contributed by atoms with Crippen LogP contribution in [-0.2, 0) is 4.57 Å². The number of halogens is 3. The number of hydrogen-bond acceptors (Lipinski definition) is 1. The molecule has 0 saturated carbocycles. The van der Waals surface area contributed by atoms with E-state index in [2.05, 4.69) is 6.58 Å². The van der Waals surface area contributed by atoms with Crippen LogP contribution >= 0.6 is 7.60 Å². The van der Waals surface area contributed by atoms with Crippen molar-refractivity contribution in [2.24, 2.45) is 0 Å². The molecule has 1 unspecified atom stereocenters. The van der Waals surface area contributed by atoms with Crippen LogP contribution in [0.3, 0.4) is 0 Å². The average molecular weight is 190 g/mol. The maximum atomic E-state index is 11.7. The van der Waals surface area contributed by atoms with Crippen molar-refractivity contribution in [3.63, 3.8) is 0 Å². The van der Waals surface area contributed by atoms with Gasteiger partial charge in [0.1, 0.15) is 0 Å². The predicted molar refractivity (Wildman–Crippen MR) is 32.1 cm³/mol. The van der Waals surface area contributed by atoms with Gasteiger partial charge in [-0.3, -0.25) is 4.57 Å². The molecule has 2 N–H and O–H groups in total. The van der Waals surface area contributed by atoms with Gasteiger partial charge in [-0.2, -0.15) is 13.2 Å². The van der Waals surface area contributed by atoms with Crippen molar-refractivity contribution in [2.45, 2.75) is 11.8 Å². The van der Waals surface area contributed by atoms with Crippen molar-refractivity contribution in [3.05, 3.63) is 12.7 Å². The third-order valence-electron chi connectivity index (χ3n) is 0.921. The van der Waals surface area contributed by atoms with Crippen LogP contribution in [0.2, 0.25) is 0 Å². The topological polar surface area (TPSA) is 57.5 Å². The molecule has 7 heteroatoms. The average Bonchev–Trinajstić information content (AvgIpc) is 1.56. The summed E-state index contributed by atoms with van der Waals surface area (Å²) in [5, 5.41) is 0. The Morgan fingerprint density at radius 2 is 1.82 bits per heavy atom. The lowest BCUT2D eigenvalue weighted by atomic mass is 10.4. The highest BCUT2D eigenvalue weighted by molar-refractivity contribution is 7.52. The number of allylic oxidation sites excluding steroid dienone is 1. The second-order valence-electron chi connectivity index (χ2n) is 1.81. The van der Waals surface area contributed by atoms with Crippen LogP contribution in [0.1, 0.15) is 0 Å². The van der Waals surface area contributed by atoms with E-state index in [1.807, 2.05) is 0 Å². The number of hydrogen-bond donors (Lipinski definition) is 2. The molecule has 0 saturated heterocycles. The monoisotopic (exact) mass is 190 g/mol. The van der Waals surface area contributed by atoms with E-state index in [0.717, 1.165) is 0 Å². The van der Waals surface area contributed by atoms with E-state index in [-0.39, 0.29) is 6.08 Å². The van der Waals surface area contributed by atoms with Gasteiger partial charge in [-0.05, 0) is 0 Å². The Labute approximate surface area is 60.7 Å². The Bertz CT molecular complexity index is 193. The van der Waals surface area contributed by atoms with Crippen molar-refractivity contribution in [1.82, 2.24) is 0 Å². The summed E-state index contributed by atoms with van der Waals surface area (Å²) >= 11 is 0. The lowest BCUT2D eigenvalue weighted by Crippen LogP contribution is -2.26. The third kappa shape index (κ3) is 3.05. The molecule has 0 spiro atoms. The minimum absolute atomic E-state index is 0.195. The molecule has 0 heterocycles. The zero-order valence-corrected chi connectivity index (χ0v) is 6.14. The molecule has 0 bridgehead atoms. The highest BCUT2D eigenvalue weighted by Crippen LogP contribution is 2.49. The molecule has 0 aliphatic carbocycles. The van der Waals surface area contributed by atoms with Crippen LogP contribution in [0.25, 0.3) is 0 Å². The normalized spacial score (nSPS) is 16.1. The smallest absolute Gasteiger partial charge is 0.324 e. The summed E-state index contributed by atoms with van der Waals surface area (Å²) in [4.78, 5) is 16.3. The summed E-state index contributed by atoms with van der Waals surface area (Å²) < 4.78 is 45.1. The molecule has 0 rings (SSSR count). The zero-order chi connectivity index (χ0) is 9.28. The molecule has 0 radical (unpaired) electrons. The molecule has 0 aromatic rings. The molecule has 66 valence electrons. The third-order valence-corrected chi connectivity index (χ3v) is 2.15. The van der Waals surface area contributed by atoms with E-state index in [4.69, 9.17) is 9.79 Å². The van der Waals surface area contributed by atoms with Gasteiger partial charge in [0.25, 0.3) is 0 Å². The first-order chi connectivity index (χ1) is 4.69. The fourth-order valence-corrected chi connectivity index (χ4v) is 1.12. The fourth-order valence-electron chi connectivity index (χ4n) is 0.462. The van der Waals surface area contributed by atoms with Crippen molar-refractivity contribution in [2.75, 3.05) is 0 Å². The maximum Gasteiger partial charge on any atom is 0.406 e. The van der Waals surface area contributed by atoms with Crippen molar-refractivity contribution >= 4 is 7.60 Å². The quantitative estimate of drug-likeness (QED) is 0.509. The lowest BCUT2D eigenvalue weighted by molar-refractivity contribution is -0.124. The van der Waals surface area contributed by atoms with E-state index in [1.54, 1.807) is 0 Å². The second-order valence-corrected chi connectivity index (χ2v) is 3.55. The van der Waals surface area contributed by atoms with E-state index in [1.165, 1.54) is 0 Å². The molecular weight excluding hydrogens is 184 g/mol.